The zero-order valence-electron chi connectivity index (χ0n) is 13.2. The van der Waals surface area contributed by atoms with Crippen molar-refractivity contribution >= 4 is 15.7 Å². The van der Waals surface area contributed by atoms with Gasteiger partial charge in [-0.25, -0.2) is 8.42 Å². The van der Waals surface area contributed by atoms with Crippen LogP contribution in [0.25, 0.3) is 5.69 Å². The smallest absolute Gasteiger partial charge is 0.253 e. The second-order valence-corrected chi connectivity index (χ2v) is 8.26. The number of carbonyl (C=O) groups excluding carboxylic acids is 1. The molecule has 1 aliphatic rings. The summed E-state index contributed by atoms with van der Waals surface area (Å²) in [6.07, 6.45) is 0.492. The maximum Gasteiger partial charge on any atom is 0.253 e. The molecule has 23 heavy (non-hydrogen) atoms. The second kappa shape index (κ2) is 5.85. The fourth-order valence-electron chi connectivity index (χ4n) is 3.14. The normalized spacial score (nSPS) is 19.7. The Morgan fingerprint density at radius 2 is 1.91 bits per heavy atom. The van der Waals surface area contributed by atoms with Crippen LogP contribution in [0.15, 0.2) is 36.4 Å². The third-order valence-electron chi connectivity index (χ3n) is 4.26. The summed E-state index contributed by atoms with van der Waals surface area (Å²) in [7, 11) is -3.00. The molecule has 0 saturated carbocycles. The van der Waals surface area contributed by atoms with Gasteiger partial charge in [0.2, 0.25) is 0 Å². The van der Waals surface area contributed by atoms with Gasteiger partial charge in [0.25, 0.3) is 5.91 Å². The molecule has 1 N–H and O–H groups in total. The first-order valence-corrected chi connectivity index (χ1v) is 9.45. The number of hydrogen-bond acceptors (Lipinski definition) is 3. The van der Waals surface area contributed by atoms with E-state index in [-0.39, 0.29) is 23.5 Å². The van der Waals surface area contributed by atoms with Crippen molar-refractivity contribution in [2.75, 3.05) is 11.5 Å². The van der Waals surface area contributed by atoms with Crippen LogP contribution in [-0.2, 0) is 9.84 Å². The van der Waals surface area contributed by atoms with Crippen LogP contribution in [0.1, 0.15) is 28.2 Å². The number of rotatable bonds is 3. The number of carbonyl (C=O) groups is 1. The number of benzene rings is 1. The molecule has 2 aromatic rings. The molecule has 2 heterocycles. The number of hydrogen-bond donors (Lipinski definition) is 1. The minimum absolute atomic E-state index is 0.0379. The zero-order chi connectivity index (χ0) is 16.6. The van der Waals surface area contributed by atoms with E-state index in [1.807, 2.05) is 54.8 Å². The lowest BCUT2D eigenvalue weighted by atomic mass is 10.2. The van der Waals surface area contributed by atoms with Crippen molar-refractivity contribution in [1.29, 1.82) is 0 Å². The van der Waals surface area contributed by atoms with Gasteiger partial charge in [-0.05, 0) is 38.5 Å². The molecule has 0 bridgehead atoms. The molecule has 1 saturated heterocycles. The van der Waals surface area contributed by atoms with Crippen molar-refractivity contribution in [3.8, 4) is 5.69 Å². The molecule has 0 spiro atoms. The Hall–Kier alpha value is -2.08. The summed E-state index contributed by atoms with van der Waals surface area (Å²) < 4.78 is 25.1. The molecule has 0 aliphatic carbocycles. The zero-order valence-corrected chi connectivity index (χ0v) is 14.1. The minimum atomic E-state index is -3.00. The molecule has 1 atom stereocenters. The Morgan fingerprint density at radius 3 is 2.52 bits per heavy atom. The van der Waals surface area contributed by atoms with Crippen molar-refractivity contribution in [2.24, 2.45) is 0 Å². The highest BCUT2D eigenvalue weighted by molar-refractivity contribution is 7.91. The molecule has 1 amide bonds. The van der Waals surface area contributed by atoms with Crippen LogP contribution in [0.5, 0.6) is 0 Å². The van der Waals surface area contributed by atoms with Crippen LogP contribution < -0.4 is 5.32 Å². The highest BCUT2D eigenvalue weighted by Gasteiger charge is 2.30. The van der Waals surface area contributed by atoms with E-state index in [4.69, 9.17) is 0 Å². The van der Waals surface area contributed by atoms with Crippen LogP contribution in [0.2, 0.25) is 0 Å². The molecule has 0 radical (unpaired) electrons. The van der Waals surface area contributed by atoms with Crippen molar-refractivity contribution in [3.63, 3.8) is 0 Å². The van der Waals surface area contributed by atoms with Crippen LogP contribution >= 0.6 is 0 Å². The molecule has 1 aromatic heterocycles. The summed E-state index contributed by atoms with van der Waals surface area (Å²) in [6, 6.07) is 11.4. The first kappa shape index (κ1) is 15.8. The number of para-hydroxylation sites is 1. The average molecular weight is 332 g/mol. The van der Waals surface area contributed by atoms with Gasteiger partial charge in [0.1, 0.15) is 0 Å². The number of aryl methyl sites for hydroxylation is 1. The van der Waals surface area contributed by atoms with E-state index in [9.17, 15) is 13.2 Å². The van der Waals surface area contributed by atoms with Crippen molar-refractivity contribution in [1.82, 2.24) is 9.88 Å². The van der Waals surface area contributed by atoms with Crippen LogP contribution in [-0.4, -0.2) is 36.4 Å². The molecular weight excluding hydrogens is 312 g/mol. The number of aromatic nitrogens is 1. The summed E-state index contributed by atoms with van der Waals surface area (Å²) in [5, 5.41) is 2.85. The third kappa shape index (κ3) is 3.17. The van der Waals surface area contributed by atoms with Gasteiger partial charge < -0.3 is 9.88 Å². The minimum Gasteiger partial charge on any atom is -0.348 e. The van der Waals surface area contributed by atoms with E-state index in [0.717, 1.165) is 17.1 Å². The van der Waals surface area contributed by atoms with E-state index in [1.54, 1.807) is 0 Å². The largest absolute Gasteiger partial charge is 0.348 e. The van der Waals surface area contributed by atoms with Gasteiger partial charge in [0.05, 0.1) is 17.1 Å². The molecular formula is C17H20N2O3S. The molecule has 1 fully saturated rings. The topological polar surface area (TPSA) is 68.2 Å². The fraction of sp³-hybridized carbons (Fsp3) is 0.353. The molecule has 5 nitrogen and oxygen atoms in total. The molecule has 1 aliphatic heterocycles. The Morgan fingerprint density at radius 1 is 1.22 bits per heavy atom. The van der Waals surface area contributed by atoms with Gasteiger partial charge >= 0.3 is 0 Å². The van der Waals surface area contributed by atoms with Crippen molar-refractivity contribution in [2.45, 2.75) is 26.3 Å². The lowest BCUT2D eigenvalue weighted by molar-refractivity contribution is 0.0940. The van der Waals surface area contributed by atoms with E-state index in [2.05, 4.69) is 5.32 Å². The van der Waals surface area contributed by atoms with E-state index in [0.29, 0.717) is 12.0 Å². The summed E-state index contributed by atoms with van der Waals surface area (Å²) in [6.45, 7) is 3.86. The van der Waals surface area contributed by atoms with Gasteiger partial charge in [-0.3, -0.25) is 4.79 Å². The standard InChI is InChI=1S/C17H20N2O3S/c1-12-10-16(13(2)19(12)15-6-4-3-5-7-15)17(20)18-14-8-9-23(21,22)11-14/h3-7,10,14H,8-9,11H2,1-2H3,(H,18,20)/t14-/m0/s1. The third-order valence-corrected chi connectivity index (χ3v) is 6.03. The number of amides is 1. The Bertz CT molecular complexity index is 838. The maximum absolute atomic E-state index is 12.5. The molecule has 0 unspecified atom stereocenters. The maximum atomic E-state index is 12.5. The van der Waals surface area contributed by atoms with E-state index in [1.165, 1.54) is 0 Å². The highest BCUT2D eigenvalue weighted by Crippen LogP contribution is 2.21. The fourth-order valence-corrected chi connectivity index (χ4v) is 4.81. The van der Waals surface area contributed by atoms with Gasteiger partial charge in [0.15, 0.2) is 9.84 Å². The Kier molecular flexibility index (Phi) is 4.02. The average Bonchev–Trinajstić information content (AvgIpc) is 2.99. The molecule has 122 valence electrons. The molecule has 6 heteroatoms. The van der Waals surface area contributed by atoms with Crippen LogP contribution in [0.4, 0.5) is 0 Å². The molecule has 1 aromatic carbocycles. The monoisotopic (exact) mass is 332 g/mol. The first-order chi connectivity index (χ1) is 10.9. The van der Waals surface area contributed by atoms with Crippen molar-refractivity contribution in [3.05, 3.63) is 53.3 Å². The highest BCUT2D eigenvalue weighted by atomic mass is 32.2. The predicted molar refractivity (Wildman–Crippen MR) is 89.8 cm³/mol. The lowest BCUT2D eigenvalue weighted by Gasteiger charge is -2.12. The predicted octanol–water partition coefficient (Wildman–Crippen LogP) is 2.01. The Balaban J connectivity index is 1.85. The van der Waals surface area contributed by atoms with E-state index < -0.39 is 9.84 Å². The van der Waals surface area contributed by atoms with Gasteiger partial charge in [-0.1, -0.05) is 18.2 Å². The summed E-state index contributed by atoms with van der Waals surface area (Å²) in [4.78, 5) is 12.5. The van der Waals surface area contributed by atoms with Crippen LogP contribution in [0.3, 0.4) is 0 Å². The number of sulfone groups is 1. The first-order valence-electron chi connectivity index (χ1n) is 7.63. The quantitative estimate of drug-likeness (QED) is 0.935. The summed E-state index contributed by atoms with van der Waals surface area (Å²) in [5.74, 6) is -0.0145. The number of nitrogens with zero attached hydrogens (tertiary/aromatic N) is 1. The van der Waals surface area contributed by atoms with Gasteiger partial charge in [-0.2, -0.15) is 0 Å². The van der Waals surface area contributed by atoms with Crippen molar-refractivity contribution < 1.29 is 13.2 Å². The lowest BCUT2D eigenvalue weighted by Crippen LogP contribution is -2.35. The SMILES string of the molecule is Cc1cc(C(=O)N[C@H]2CCS(=O)(=O)C2)c(C)n1-c1ccccc1. The van der Waals surface area contributed by atoms with Gasteiger partial charge in [0, 0.05) is 23.1 Å². The Labute approximate surface area is 136 Å². The van der Waals surface area contributed by atoms with Crippen LogP contribution in [0, 0.1) is 13.8 Å². The van der Waals surface area contributed by atoms with E-state index >= 15 is 0 Å². The second-order valence-electron chi connectivity index (χ2n) is 6.03. The summed E-state index contributed by atoms with van der Waals surface area (Å²) in [5.41, 5.74) is 3.42. The van der Waals surface area contributed by atoms with Gasteiger partial charge in [-0.15, -0.1) is 0 Å². The summed E-state index contributed by atoms with van der Waals surface area (Å²) >= 11 is 0. The number of nitrogens with one attached hydrogen (secondary N) is 1. The molecule has 3 rings (SSSR count).